The van der Waals surface area contributed by atoms with Crippen molar-refractivity contribution in [2.75, 3.05) is 18.5 Å². The molecular weight excluding hydrogens is 710 g/mol. The van der Waals surface area contributed by atoms with Gasteiger partial charge in [-0.3, -0.25) is 25.8 Å². The van der Waals surface area contributed by atoms with Gasteiger partial charge >= 0.3 is 18.4 Å². The van der Waals surface area contributed by atoms with E-state index in [-0.39, 0.29) is 19.3 Å². The van der Waals surface area contributed by atoms with Crippen LogP contribution in [-0.4, -0.2) is 59.8 Å². The monoisotopic (exact) mass is 742 g/mol. The maximum absolute atomic E-state index is 14.7. The number of nitrogens with one attached hydrogen (secondary N) is 3. The minimum Gasteiger partial charge on any atom is -0.444 e. The van der Waals surface area contributed by atoms with Gasteiger partial charge in [0.1, 0.15) is 10.2 Å². The molecule has 1 fully saturated rings. The van der Waals surface area contributed by atoms with Gasteiger partial charge in [0.05, 0.1) is 31.1 Å². The average Bonchev–Trinajstić information content (AvgIpc) is 3.48. The van der Waals surface area contributed by atoms with Crippen LogP contribution in [0.3, 0.4) is 0 Å². The fourth-order valence-electron chi connectivity index (χ4n) is 4.29. The third-order valence-corrected chi connectivity index (χ3v) is 7.09. The lowest BCUT2D eigenvalue weighted by atomic mass is 9.93. The quantitative estimate of drug-likeness (QED) is 0.104. The van der Waals surface area contributed by atoms with Gasteiger partial charge in [-0.05, 0) is 74.0 Å². The topological polar surface area (TPSA) is 137 Å². The number of ether oxygens (including phenoxy) is 4. The first-order chi connectivity index (χ1) is 21.8. The molecule has 18 heteroatoms. The van der Waals surface area contributed by atoms with Gasteiger partial charge in [0.2, 0.25) is 5.60 Å². The Morgan fingerprint density at radius 1 is 0.979 bits per heavy atom. The lowest BCUT2D eigenvalue weighted by Gasteiger charge is -2.34. The summed E-state index contributed by atoms with van der Waals surface area (Å²) in [6.45, 7) is 4.48. The van der Waals surface area contributed by atoms with Gasteiger partial charge < -0.3 is 18.9 Å². The number of amides is 3. The van der Waals surface area contributed by atoms with Crippen molar-refractivity contribution in [3.05, 3.63) is 57.8 Å². The van der Waals surface area contributed by atoms with Gasteiger partial charge in [0.15, 0.2) is 12.0 Å². The Kier molecular flexibility index (Phi) is 12.6. The van der Waals surface area contributed by atoms with Crippen molar-refractivity contribution < 1.29 is 59.7 Å². The van der Waals surface area contributed by atoms with E-state index in [0.717, 1.165) is 0 Å². The molecule has 1 aromatic carbocycles. The van der Waals surface area contributed by atoms with E-state index < -0.39 is 82.3 Å². The van der Waals surface area contributed by atoms with Crippen molar-refractivity contribution >= 4 is 39.5 Å². The smallest absolute Gasteiger partial charge is 0.426 e. The summed E-state index contributed by atoms with van der Waals surface area (Å²) < 4.78 is 105. The standard InChI is InChI=1S/C29H33BrF6N4O7/c1-26(2,3)47-25(43)37-19-15-18(28(31,32)33)22(30)38-21(19)23(41)39-40-24(42)27(29(34,35)36,46-16-17-9-5-4-6-10-17)12-8-7-11-20-44-13-14-45-20/h4-6,9-10,15,20H,7-8,11-14,16H2,1-3H3,(H,37,43)(H,39,41)(H,40,42). The van der Waals surface area contributed by atoms with Gasteiger partial charge in [-0.25, -0.2) is 9.78 Å². The molecule has 0 radical (unpaired) electrons. The summed E-state index contributed by atoms with van der Waals surface area (Å²) in [6.07, 6.45) is -12.7. The SMILES string of the molecule is CC(C)(C)OC(=O)Nc1cc(C(F)(F)F)c(Br)nc1C(=O)NNC(=O)C(CCCCC1OCCO1)(OCc1ccccc1)C(F)(F)F. The van der Waals surface area contributed by atoms with E-state index in [4.69, 9.17) is 18.9 Å². The minimum absolute atomic E-state index is 0.167. The molecule has 0 spiro atoms. The van der Waals surface area contributed by atoms with Crippen LogP contribution in [0.2, 0.25) is 0 Å². The molecule has 3 amide bonds. The van der Waals surface area contributed by atoms with Crippen molar-refractivity contribution in [2.24, 2.45) is 0 Å². The van der Waals surface area contributed by atoms with E-state index in [2.05, 4.69) is 20.9 Å². The number of hydrazine groups is 1. The molecule has 11 nitrogen and oxygen atoms in total. The molecule has 1 saturated heterocycles. The summed E-state index contributed by atoms with van der Waals surface area (Å²) in [4.78, 5) is 42.3. The normalized spacial score (nSPS) is 15.5. The molecule has 3 N–H and O–H groups in total. The number of hydrogen-bond acceptors (Lipinski definition) is 8. The number of unbranched alkanes of at least 4 members (excludes halogenated alkanes) is 1. The number of halogens is 7. The van der Waals surface area contributed by atoms with Crippen LogP contribution in [-0.2, 0) is 36.5 Å². The van der Waals surface area contributed by atoms with E-state index in [1.807, 2.05) is 5.32 Å². The van der Waals surface area contributed by atoms with Crippen LogP contribution in [0.5, 0.6) is 0 Å². The second kappa shape index (κ2) is 15.6. The predicted octanol–water partition coefficient (Wildman–Crippen LogP) is 6.42. The Morgan fingerprint density at radius 2 is 1.62 bits per heavy atom. The number of aromatic nitrogens is 1. The van der Waals surface area contributed by atoms with Crippen LogP contribution >= 0.6 is 15.9 Å². The zero-order valence-corrected chi connectivity index (χ0v) is 27.0. The minimum atomic E-state index is -5.30. The van der Waals surface area contributed by atoms with Crippen molar-refractivity contribution in [3.63, 3.8) is 0 Å². The molecule has 3 rings (SSSR count). The first kappa shape index (κ1) is 38.0. The molecule has 1 aromatic heterocycles. The number of benzene rings is 1. The molecule has 0 bridgehead atoms. The van der Waals surface area contributed by atoms with E-state index in [0.29, 0.717) is 24.8 Å². The number of nitrogens with zero attached hydrogens (tertiary/aromatic N) is 1. The molecule has 0 aliphatic carbocycles. The van der Waals surface area contributed by atoms with E-state index in [1.165, 1.54) is 32.9 Å². The molecule has 1 atom stereocenters. The van der Waals surface area contributed by atoms with E-state index >= 15 is 0 Å². The maximum atomic E-state index is 14.7. The van der Waals surface area contributed by atoms with E-state index in [1.54, 1.807) is 29.1 Å². The lowest BCUT2D eigenvalue weighted by molar-refractivity contribution is -0.273. The van der Waals surface area contributed by atoms with Gasteiger partial charge in [0, 0.05) is 0 Å². The molecular formula is C29H33BrF6N4O7. The van der Waals surface area contributed by atoms with Crippen molar-refractivity contribution in [1.82, 2.24) is 15.8 Å². The third kappa shape index (κ3) is 10.8. The highest BCUT2D eigenvalue weighted by atomic mass is 79.9. The molecule has 47 heavy (non-hydrogen) atoms. The van der Waals surface area contributed by atoms with Crippen LogP contribution < -0.4 is 16.2 Å². The molecule has 0 saturated carbocycles. The van der Waals surface area contributed by atoms with Crippen LogP contribution in [0.25, 0.3) is 0 Å². The highest BCUT2D eigenvalue weighted by Crippen LogP contribution is 2.40. The molecule has 1 unspecified atom stereocenters. The van der Waals surface area contributed by atoms with Gasteiger partial charge in [-0.1, -0.05) is 30.3 Å². The van der Waals surface area contributed by atoms with Crippen molar-refractivity contribution in [3.8, 4) is 0 Å². The maximum Gasteiger partial charge on any atom is 0.426 e. The predicted molar refractivity (Wildman–Crippen MR) is 157 cm³/mol. The average molecular weight is 743 g/mol. The Balaban J connectivity index is 1.87. The number of rotatable bonds is 11. The van der Waals surface area contributed by atoms with Crippen LogP contribution in [0, 0.1) is 0 Å². The molecule has 1 aliphatic rings. The molecule has 2 aromatic rings. The molecule has 1 aliphatic heterocycles. The van der Waals surface area contributed by atoms with Gasteiger partial charge in [0.25, 0.3) is 11.8 Å². The number of carbonyl (C=O) groups is 3. The zero-order chi connectivity index (χ0) is 35.0. The number of alkyl halides is 6. The summed E-state index contributed by atoms with van der Waals surface area (Å²) in [5, 5.41) is 1.98. The van der Waals surface area contributed by atoms with Crippen molar-refractivity contribution in [1.29, 1.82) is 0 Å². The lowest BCUT2D eigenvalue weighted by Crippen LogP contribution is -2.61. The number of anilines is 1. The third-order valence-electron chi connectivity index (χ3n) is 6.48. The second-order valence-electron chi connectivity index (χ2n) is 11.3. The van der Waals surface area contributed by atoms with Crippen LogP contribution in [0.4, 0.5) is 36.8 Å². The molecule has 2 heterocycles. The summed E-state index contributed by atoms with van der Waals surface area (Å²) in [7, 11) is 0. The van der Waals surface area contributed by atoms with Crippen LogP contribution in [0.15, 0.2) is 41.0 Å². The largest absolute Gasteiger partial charge is 0.444 e. The Bertz CT molecular complexity index is 1400. The first-order valence-electron chi connectivity index (χ1n) is 14.2. The van der Waals surface area contributed by atoms with Crippen LogP contribution in [0.1, 0.15) is 68.1 Å². The Hall–Kier alpha value is -3.48. The number of carbonyl (C=O) groups excluding carboxylic acids is 3. The summed E-state index contributed by atoms with van der Waals surface area (Å²) in [5.74, 6) is -3.27. The van der Waals surface area contributed by atoms with Gasteiger partial charge in [-0.2, -0.15) is 26.3 Å². The number of pyridine rings is 1. The second-order valence-corrected chi connectivity index (χ2v) is 12.0. The van der Waals surface area contributed by atoms with Gasteiger partial charge in [-0.15, -0.1) is 0 Å². The highest BCUT2D eigenvalue weighted by Gasteiger charge is 2.61. The number of hydrogen-bond donors (Lipinski definition) is 3. The summed E-state index contributed by atoms with van der Waals surface area (Å²) in [5.41, 5.74) is -3.91. The summed E-state index contributed by atoms with van der Waals surface area (Å²) >= 11 is 2.61. The Labute approximate surface area is 274 Å². The molecule has 260 valence electrons. The highest BCUT2D eigenvalue weighted by molar-refractivity contribution is 9.10. The summed E-state index contributed by atoms with van der Waals surface area (Å²) in [6, 6.07) is 8.11. The zero-order valence-electron chi connectivity index (χ0n) is 25.4. The fourth-order valence-corrected chi connectivity index (χ4v) is 4.81. The van der Waals surface area contributed by atoms with E-state index in [9.17, 15) is 40.7 Å². The van der Waals surface area contributed by atoms with Crippen molar-refractivity contribution in [2.45, 2.75) is 82.9 Å². The first-order valence-corrected chi connectivity index (χ1v) is 15.0. The Morgan fingerprint density at radius 3 is 2.19 bits per heavy atom. The fraction of sp³-hybridized carbons (Fsp3) is 0.517.